The molecule has 1 N–H and O–H groups in total. The third-order valence-corrected chi connectivity index (χ3v) is 4.29. The molecule has 8 nitrogen and oxygen atoms in total. The lowest BCUT2D eigenvalue weighted by atomic mass is 10.1. The summed E-state index contributed by atoms with van der Waals surface area (Å²) in [5.74, 6) is -0.132. The first-order valence-corrected chi connectivity index (χ1v) is 8.46. The molecule has 2 aromatic carbocycles. The number of nitrogens with one attached hydrogen (secondary N) is 1. The zero-order valence-electron chi connectivity index (χ0n) is 14.1. The Morgan fingerprint density at radius 2 is 1.93 bits per heavy atom. The van der Waals surface area contributed by atoms with Gasteiger partial charge in [-0.1, -0.05) is 11.6 Å². The number of pyridine rings is 1. The molecule has 0 spiro atoms. The quantitative estimate of drug-likeness (QED) is 0.396. The van der Waals surface area contributed by atoms with Crippen LogP contribution in [0.3, 0.4) is 0 Å². The average Bonchev–Trinajstić information content (AvgIpc) is 3.13. The minimum Gasteiger partial charge on any atom is -0.434 e. The normalized spacial score (nSPS) is 10.8. The van der Waals surface area contributed by atoms with Crippen molar-refractivity contribution in [2.45, 2.75) is 0 Å². The minimum absolute atomic E-state index is 0.0881. The van der Waals surface area contributed by atoms with Gasteiger partial charge < -0.3 is 9.73 Å². The highest BCUT2D eigenvalue weighted by molar-refractivity contribution is 6.33. The summed E-state index contributed by atoms with van der Waals surface area (Å²) in [6.07, 6.45) is 1.61. The largest absolute Gasteiger partial charge is 0.434 e. The smallest absolute Gasteiger partial charge is 0.269 e. The molecule has 0 unspecified atom stereocenters. The van der Waals surface area contributed by atoms with Gasteiger partial charge in [0.2, 0.25) is 5.89 Å². The van der Waals surface area contributed by atoms with Gasteiger partial charge in [-0.2, -0.15) is 4.98 Å². The topological polar surface area (TPSA) is 111 Å². The predicted octanol–water partition coefficient (Wildman–Crippen LogP) is 4.70. The molecule has 0 bridgehead atoms. The fraction of sp³-hybridized carbons (Fsp3) is 0. The van der Waals surface area contributed by atoms with Crippen LogP contribution in [0.5, 0.6) is 0 Å². The Bertz CT molecular complexity index is 1170. The Morgan fingerprint density at radius 1 is 1.14 bits per heavy atom. The highest BCUT2D eigenvalue weighted by Crippen LogP contribution is 2.32. The number of nitro benzene ring substituents is 1. The van der Waals surface area contributed by atoms with Crippen LogP contribution in [-0.2, 0) is 0 Å². The highest BCUT2D eigenvalue weighted by atomic mass is 35.5. The van der Waals surface area contributed by atoms with Crippen LogP contribution in [0.25, 0.3) is 22.7 Å². The Hall–Kier alpha value is -3.78. The molecule has 1 amide bonds. The van der Waals surface area contributed by atoms with Crippen molar-refractivity contribution in [2.24, 2.45) is 0 Å². The number of oxazole rings is 1. The molecule has 0 saturated heterocycles. The van der Waals surface area contributed by atoms with Crippen molar-refractivity contribution in [1.82, 2.24) is 9.97 Å². The summed E-state index contributed by atoms with van der Waals surface area (Å²) in [6, 6.07) is 13.7. The molecule has 138 valence electrons. The van der Waals surface area contributed by atoms with Crippen LogP contribution in [0.15, 0.2) is 65.2 Å². The lowest BCUT2D eigenvalue weighted by molar-refractivity contribution is -0.384. The van der Waals surface area contributed by atoms with E-state index in [0.717, 1.165) is 0 Å². The molecule has 0 radical (unpaired) electrons. The van der Waals surface area contributed by atoms with Crippen molar-refractivity contribution in [2.75, 3.05) is 5.32 Å². The van der Waals surface area contributed by atoms with Crippen LogP contribution < -0.4 is 5.32 Å². The first kappa shape index (κ1) is 17.6. The minimum atomic E-state index is -0.525. The summed E-state index contributed by atoms with van der Waals surface area (Å²) in [4.78, 5) is 31.0. The van der Waals surface area contributed by atoms with Crippen molar-refractivity contribution in [3.05, 3.63) is 81.5 Å². The Balaban J connectivity index is 1.61. The summed E-state index contributed by atoms with van der Waals surface area (Å²) >= 11 is 6.26. The number of rotatable bonds is 4. The molecule has 0 aliphatic rings. The van der Waals surface area contributed by atoms with Crippen molar-refractivity contribution in [1.29, 1.82) is 0 Å². The number of anilines is 1. The van der Waals surface area contributed by atoms with E-state index in [2.05, 4.69) is 15.3 Å². The third kappa shape index (κ3) is 3.40. The number of nitrogens with zero attached hydrogens (tertiary/aromatic N) is 3. The van der Waals surface area contributed by atoms with E-state index in [-0.39, 0.29) is 17.1 Å². The fourth-order valence-corrected chi connectivity index (χ4v) is 2.79. The molecule has 0 atom stereocenters. The molecule has 2 heterocycles. The van der Waals surface area contributed by atoms with Gasteiger partial charge in [0.05, 0.1) is 15.5 Å². The lowest BCUT2D eigenvalue weighted by Gasteiger charge is -2.07. The monoisotopic (exact) mass is 394 g/mol. The highest BCUT2D eigenvalue weighted by Gasteiger charge is 2.15. The number of hydrogen-bond acceptors (Lipinski definition) is 6. The molecular weight excluding hydrogens is 384 g/mol. The second-order valence-electron chi connectivity index (χ2n) is 5.80. The summed E-state index contributed by atoms with van der Waals surface area (Å²) in [6.45, 7) is 0. The number of nitro groups is 1. The number of aromatic nitrogens is 2. The molecule has 0 aliphatic carbocycles. The van der Waals surface area contributed by atoms with Gasteiger partial charge in [-0.3, -0.25) is 14.9 Å². The molecule has 2 aromatic heterocycles. The van der Waals surface area contributed by atoms with Gasteiger partial charge in [0.25, 0.3) is 11.6 Å². The van der Waals surface area contributed by atoms with E-state index in [9.17, 15) is 14.9 Å². The second-order valence-corrected chi connectivity index (χ2v) is 6.20. The first-order valence-electron chi connectivity index (χ1n) is 8.08. The predicted molar refractivity (Wildman–Crippen MR) is 103 cm³/mol. The van der Waals surface area contributed by atoms with Crippen molar-refractivity contribution < 1.29 is 14.1 Å². The molecule has 28 heavy (non-hydrogen) atoms. The zero-order valence-corrected chi connectivity index (χ0v) is 14.9. The molecule has 4 rings (SSSR count). The van der Waals surface area contributed by atoms with Gasteiger partial charge >= 0.3 is 0 Å². The summed E-state index contributed by atoms with van der Waals surface area (Å²) in [5, 5.41) is 13.8. The first-order chi connectivity index (χ1) is 13.5. The van der Waals surface area contributed by atoms with E-state index in [4.69, 9.17) is 16.0 Å². The standard InChI is InChI=1S/C19H11ClN4O4/c20-15-8-5-12(22-18(25)11-3-6-13(7-4-11)24(26)27)10-14(15)19-23-17-16(28-19)2-1-9-21-17/h1-10H,(H,22,25). The van der Waals surface area contributed by atoms with Crippen molar-refractivity contribution >= 4 is 40.1 Å². The number of benzene rings is 2. The molecule has 4 aromatic rings. The maximum atomic E-state index is 12.4. The van der Waals surface area contributed by atoms with E-state index in [1.165, 1.54) is 24.3 Å². The number of non-ortho nitro benzene ring substituents is 1. The van der Waals surface area contributed by atoms with Crippen LogP contribution in [0.2, 0.25) is 5.02 Å². The van der Waals surface area contributed by atoms with Crippen LogP contribution in [0.4, 0.5) is 11.4 Å². The van der Waals surface area contributed by atoms with Gasteiger partial charge in [-0.05, 0) is 42.5 Å². The van der Waals surface area contributed by atoms with E-state index >= 15 is 0 Å². The number of carbonyl (C=O) groups is 1. The van der Waals surface area contributed by atoms with E-state index < -0.39 is 10.8 Å². The van der Waals surface area contributed by atoms with Crippen LogP contribution in [0, 0.1) is 10.1 Å². The van der Waals surface area contributed by atoms with E-state index in [1.807, 2.05) is 0 Å². The van der Waals surface area contributed by atoms with Gasteiger partial charge in [-0.25, -0.2) is 4.98 Å². The van der Waals surface area contributed by atoms with Crippen LogP contribution >= 0.6 is 11.6 Å². The zero-order chi connectivity index (χ0) is 19.7. The average molecular weight is 395 g/mol. The van der Waals surface area contributed by atoms with Gasteiger partial charge in [0.15, 0.2) is 11.2 Å². The van der Waals surface area contributed by atoms with Gasteiger partial charge in [0.1, 0.15) is 0 Å². The Morgan fingerprint density at radius 3 is 2.64 bits per heavy atom. The summed E-state index contributed by atoms with van der Waals surface area (Å²) in [5.41, 5.74) is 2.14. The van der Waals surface area contributed by atoms with Crippen molar-refractivity contribution in [3.63, 3.8) is 0 Å². The van der Waals surface area contributed by atoms with Gasteiger partial charge in [0, 0.05) is 29.6 Å². The van der Waals surface area contributed by atoms with E-state index in [0.29, 0.717) is 27.5 Å². The second kappa shape index (κ2) is 7.09. The lowest BCUT2D eigenvalue weighted by Crippen LogP contribution is -2.11. The number of amides is 1. The Labute approximate surface area is 162 Å². The van der Waals surface area contributed by atoms with Crippen LogP contribution in [0.1, 0.15) is 10.4 Å². The van der Waals surface area contributed by atoms with Crippen molar-refractivity contribution in [3.8, 4) is 11.5 Å². The molecule has 9 heteroatoms. The van der Waals surface area contributed by atoms with Gasteiger partial charge in [-0.15, -0.1) is 0 Å². The number of fused-ring (bicyclic) bond motifs is 1. The molecule has 0 fully saturated rings. The SMILES string of the molecule is O=C(Nc1ccc(Cl)c(-c2nc3ncccc3o2)c1)c1ccc([N+](=O)[O-])cc1. The number of hydrogen-bond donors (Lipinski definition) is 1. The molecule has 0 aliphatic heterocycles. The summed E-state index contributed by atoms with van der Waals surface area (Å²) in [7, 11) is 0. The third-order valence-electron chi connectivity index (χ3n) is 3.96. The summed E-state index contributed by atoms with van der Waals surface area (Å²) < 4.78 is 5.68. The molecule has 0 saturated carbocycles. The number of halogens is 1. The van der Waals surface area contributed by atoms with E-state index in [1.54, 1.807) is 36.5 Å². The number of carbonyl (C=O) groups excluding carboxylic acids is 1. The van der Waals surface area contributed by atoms with Crippen LogP contribution in [-0.4, -0.2) is 20.8 Å². The fourth-order valence-electron chi connectivity index (χ4n) is 2.59. The Kier molecular flexibility index (Phi) is 4.46. The maximum absolute atomic E-state index is 12.4. The maximum Gasteiger partial charge on any atom is 0.269 e. The molecular formula is C19H11ClN4O4.